The second kappa shape index (κ2) is 7.53. The van der Waals surface area contributed by atoms with Crippen LogP contribution in [0.25, 0.3) is 0 Å². The van der Waals surface area contributed by atoms with Gasteiger partial charge in [-0.1, -0.05) is 13.0 Å². The largest absolute Gasteiger partial charge is 0.481 e. The lowest BCUT2D eigenvalue weighted by Gasteiger charge is -2.20. The number of rotatable bonds is 8. The Morgan fingerprint density at radius 3 is 2.64 bits per heavy atom. The van der Waals surface area contributed by atoms with Crippen molar-refractivity contribution in [3.8, 4) is 0 Å². The van der Waals surface area contributed by atoms with Gasteiger partial charge in [-0.2, -0.15) is 0 Å². The monoisotopic (exact) mass is 201 g/mol. The number of aliphatic hydroxyl groups is 1. The predicted molar refractivity (Wildman–Crippen MR) is 55.1 cm³/mol. The van der Waals surface area contributed by atoms with Crippen molar-refractivity contribution in [2.45, 2.75) is 13.3 Å². The lowest BCUT2D eigenvalue weighted by Crippen LogP contribution is -2.30. The van der Waals surface area contributed by atoms with Crippen molar-refractivity contribution in [1.29, 1.82) is 0 Å². The van der Waals surface area contributed by atoms with Crippen molar-refractivity contribution < 1.29 is 15.0 Å². The summed E-state index contributed by atoms with van der Waals surface area (Å²) in [5.41, 5.74) is 0. The van der Waals surface area contributed by atoms with Gasteiger partial charge in [0.2, 0.25) is 0 Å². The van der Waals surface area contributed by atoms with Crippen LogP contribution in [0, 0.1) is 5.92 Å². The summed E-state index contributed by atoms with van der Waals surface area (Å²) >= 11 is 0. The first-order chi connectivity index (χ1) is 6.61. The van der Waals surface area contributed by atoms with Crippen LogP contribution < -0.4 is 0 Å². The molecule has 2 N–H and O–H groups in total. The molecule has 0 amide bonds. The first-order valence-corrected chi connectivity index (χ1v) is 4.78. The fourth-order valence-electron chi connectivity index (χ4n) is 1.12. The van der Waals surface area contributed by atoms with Gasteiger partial charge in [0.05, 0.1) is 12.5 Å². The molecule has 0 aliphatic rings. The molecule has 0 bridgehead atoms. The van der Waals surface area contributed by atoms with Gasteiger partial charge in [0, 0.05) is 13.1 Å². The molecule has 0 radical (unpaired) electrons. The summed E-state index contributed by atoms with van der Waals surface area (Å²) in [5, 5.41) is 17.4. The normalized spacial score (nSPS) is 12.8. The summed E-state index contributed by atoms with van der Waals surface area (Å²) in [4.78, 5) is 12.5. The highest BCUT2D eigenvalue weighted by molar-refractivity contribution is 5.69. The van der Waals surface area contributed by atoms with E-state index in [-0.39, 0.29) is 12.5 Å². The van der Waals surface area contributed by atoms with Gasteiger partial charge in [0.1, 0.15) is 0 Å². The SMILES string of the molecule is C=CCN(CCO)CCC(C)C(=O)O. The zero-order chi connectivity index (χ0) is 11.0. The van der Waals surface area contributed by atoms with Crippen molar-refractivity contribution in [1.82, 2.24) is 4.90 Å². The molecule has 0 aliphatic carbocycles. The number of nitrogens with zero attached hydrogens (tertiary/aromatic N) is 1. The molecule has 0 heterocycles. The van der Waals surface area contributed by atoms with E-state index in [9.17, 15) is 4.79 Å². The molecule has 1 unspecified atom stereocenters. The van der Waals surface area contributed by atoms with Crippen molar-refractivity contribution >= 4 is 5.97 Å². The summed E-state index contributed by atoms with van der Waals surface area (Å²) in [7, 11) is 0. The van der Waals surface area contributed by atoms with Gasteiger partial charge in [0.25, 0.3) is 0 Å². The molecule has 0 aliphatic heterocycles. The number of carbonyl (C=O) groups is 1. The van der Waals surface area contributed by atoms with Crippen LogP contribution in [0.2, 0.25) is 0 Å². The van der Waals surface area contributed by atoms with Crippen LogP contribution in [0.3, 0.4) is 0 Å². The minimum atomic E-state index is -0.771. The van der Waals surface area contributed by atoms with Crippen LogP contribution in [-0.2, 0) is 4.79 Å². The summed E-state index contributed by atoms with van der Waals surface area (Å²) in [6, 6.07) is 0. The number of aliphatic carboxylic acids is 1. The lowest BCUT2D eigenvalue weighted by molar-refractivity contribution is -0.141. The van der Waals surface area contributed by atoms with Gasteiger partial charge in [-0.25, -0.2) is 0 Å². The van der Waals surface area contributed by atoms with Crippen LogP contribution >= 0.6 is 0 Å². The van der Waals surface area contributed by atoms with Gasteiger partial charge in [-0.3, -0.25) is 9.69 Å². The summed E-state index contributed by atoms with van der Waals surface area (Å²) in [6.07, 6.45) is 2.35. The minimum absolute atomic E-state index is 0.0926. The molecule has 4 heteroatoms. The van der Waals surface area contributed by atoms with Crippen molar-refractivity contribution in [2.75, 3.05) is 26.2 Å². The summed E-state index contributed by atoms with van der Waals surface area (Å²) < 4.78 is 0. The van der Waals surface area contributed by atoms with E-state index >= 15 is 0 Å². The fraction of sp³-hybridized carbons (Fsp3) is 0.700. The molecule has 0 saturated heterocycles. The first-order valence-electron chi connectivity index (χ1n) is 4.78. The quantitative estimate of drug-likeness (QED) is 0.564. The Morgan fingerprint density at radius 1 is 1.57 bits per heavy atom. The van der Waals surface area contributed by atoms with E-state index in [4.69, 9.17) is 10.2 Å². The highest BCUT2D eigenvalue weighted by Crippen LogP contribution is 2.03. The molecule has 0 fully saturated rings. The Bertz CT molecular complexity index is 182. The summed E-state index contributed by atoms with van der Waals surface area (Å²) in [6.45, 7) is 7.32. The van der Waals surface area contributed by atoms with Crippen LogP contribution in [0.15, 0.2) is 12.7 Å². The first kappa shape index (κ1) is 13.1. The van der Waals surface area contributed by atoms with Gasteiger partial charge < -0.3 is 10.2 Å². The van der Waals surface area contributed by atoms with Crippen LogP contribution in [0.4, 0.5) is 0 Å². The van der Waals surface area contributed by atoms with Crippen molar-refractivity contribution in [2.24, 2.45) is 5.92 Å². The number of hydrogen-bond donors (Lipinski definition) is 2. The van der Waals surface area contributed by atoms with E-state index in [1.165, 1.54) is 0 Å². The highest BCUT2D eigenvalue weighted by atomic mass is 16.4. The van der Waals surface area contributed by atoms with E-state index in [1.54, 1.807) is 13.0 Å². The Morgan fingerprint density at radius 2 is 2.21 bits per heavy atom. The average molecular weight is 201 g/mol. The molecule has 0 saturated carbocycles. The van der Waals surface area contributed by atoms with Gasteiger partial charge in [0.15, 0.2) is 0 Å². The van der Waals surface area contributed by atoms with E-state index < -0.39 is 5.97 Å². The third-order valence-electron chi connectivity index (χ3n) is 2.10. The molecular formula is C10H19NO3. The Labute approximate surface area is 84.8 Å². The fourth-order valence-corrected chi connectivity index (χ4v) is 1.12. The molecule has 82 valence electrons. The average Bonchev–Trinajstić information content (AvgIpc) is 2.14. The maximum Gasteiger partial charge on any atom is 0.306 e. The molecule has 0 spiro atoms. The number of carboxylic acid groups (broad SMARTS) is 1. The predicted octanol–water partition coefficient (Wildman–Crippen LogP) is 0.577. The molecule has 0 rings (SSSR count). The number of aliphatic hydroxyl groups excluding tert-OH is 1. The molecular weight excluding hydrogens is 182 g/mol. The lowest BCUT2D eigenvalue weighted by atomic mass is 10.1. The third-order valence-corrected chi connectivity index (χ3v) is 2.10. The van der Waals surface area contributed by atoms with E-state index in [2.05, 4.69) is 6.58 Å². The summed E-state index contributed by atoms with van der Waals surface area (Å²) in [5.74, 6) is -1.10. The maximum absolute atomic E-state index is 10.5. The molecule has 0 aromatic rings. The molecule has 1 atom stereocenters. The van der Waals surface area contributed by atoms with Gasteiger partial charge in [-0.05, 0) is 13.0 Å². The van der Waals surface area contributed by atoms with Gasteiger partial charge >= 0.3 is 5.97 Å². The van der Waals surface area contributed by atoms with Crippen molar-refractivity contribution in [3.63, 3.8) is 0 Å². The Kier molecular flexibility index (Phi) is 7.06. The second-order valence-electron chi connectivity index (χ2n) is 3.34. The number of carboxylic acids is 1. The van der Waals surface area contributed by atoms with Crippen LogP contribution in [0.1, 0.15) is 13.3 Å². The maximum atomic E-state index is 10.5. The second-order valence-corrected chi connectivity index (χ2v) is 3.34. The van der Waals surface area contributed by atoms with E-state index in [0.29, 0.717) is 26.1 Å². The zero-order valence-corrected chi connectivity index (χ0v) is 8.65. The third kappa shape index (κ3) is 5.72. The minimum Gasteiger partial charge on any atom is -0.481 e. The van der Waals surface area contributed by atoms with E-state index in [0.717, 1.165) is 0 Å². The van der Waals surface area contributed by atoms with Crippen LogP contribution in [-0.4, -0.2) is 47.3 Å². The smallest absolute Gasteiger partial charge is 0.306 e. The highest BCUT2D eigenvalue weighted by Gasteiger charge is 2.12. The molecule has 14 heavy (non-hydrogen) atoms. The Hall–Kier alpha value is -0.870. The molecule has 0 aromatic heterocycles. The zero-order valence-electron chi connectivity index (χ0n) is 8.65. The van der Waals surface area contributed by atoms with Crippen molar-refractivity contribution in [3.05, 3.63) is 12.7 Å². The van der Waals surface area contributed by atoms with Gasteiger partial charge in [-0.15, -0.1) is 6.58 Å². The Balaban J connectivity index is 3.79. The topological polar surface area (TPSA) is 60.8 Å². The van der Waals surface area contributed by atoms with Crippen LogP contribution in [0.5, 0.6) is 0 Å². The van der Waals surface area contributed by atoms with E-state index in [1.807, 2.05) is 4.90 Å². The standard InChI is InChI=1S/C10H19NO3/c1-3-5-11(7-8-12)6-4-9(2)10(13)14/h3,9,12H,1,4-8H2,2H3,(H,13,14). The number of hydrogen-bond acceptors (Lipinski definition) is 3. The molecule has 4 nitrogen and oxygen atoms in total. The molecule has 0 aromatic carbocycles.